The molecular formula is C32H35ClF3N3O5. The highest BCUT2D eigenvalue weighted by molar-refractivity contribution is 6.34. The average molecular weight is 634 g/mol. The number of benzene rings is 1. The van der Waals surface area contributed by atoms with Gasteiger partial charge < -0.3 is 15.1 Å². The molecule has 0 spiro atoms. The number of carboxylic acids is 1. The Hall–Kier alpha value is -3.18. The van der Waals surface area contributed by atoms with Crippen LogP contribution in [-0.4, -0.2) is 68.0 Å². The van der Waals surface area contributed by atoms with Crippen molar-refractivity contribution in [3.63, 3.8) is 0 Å². The SMILES string of the molecule is CC1CC(c2nn(C(=O)c3c(Cl)cccc3C3(C(F)(F)F)CC3)c3c2CCC(C(=O)N2CCC(O)CC2)C3)=CCC1C(=O)O. The summed E-state index contributed by atoms with van der Waals surface area (Å²) in [6.07, 6.45) is -0.651. The summed E-state index contributed by atoms with van der Waals surface area (Å²) < 4.78 is 43.9. The van der Waals surface area contributed by atoms with Crippen LogP contribution in [0, 0.1) is 17.8 Å². The minimum absolute atomic E-state index is 0.0773. The lowest BCUT2D eigenvalue weighted by Gasteiger charge is -2.34. The van der Waals surface area contributed by atoms with Crippen LogP contribution >= 0.6 is 11.6 Å². The molecule has 3 aliphatic carbocycles. The third-order valence-corrected chi connectivity index (χ3v) is 10.4. The fourth-order valence-corrected chi connectivity index (χ4v) is 7.54. The van der Waals surface area contributed by atoms with E-state index in [1.165, 1.54) is 18.2 Å². The highest BCUT2D eigenvalue weighted by Gasteiger charge is 2.65. The van der Waals surface area contributed by atoms with Gasteiger partial charge in [0.1, 0.15) is 0 Å². The number of amides is 1. The smallest absolute Gasteiger partial charge is 0.398 e. The molecule has 6 rings (SSSR count). The van der Waals surface area contributed by atoms with Gasteiger partial charge in [0, 0.05) is 31.0 Å². The lowest BCUT2D eigenvalue weighted by molar-refractivity contribution is -0.160. The van der Waals surface area contributed by atoms with Crippen LogP contribution in [0.1, 0.15) is 84.7 Å². The first-order valence-electron chi connectivity index (χ1n) is 15.2. The Morgan fingerprint density at radius 2 is 1.80 bits per heavy atom. The fraction of sp³-hybridized carbons (Fsp3) is 0.562. The van der Waals surface area contributed by atoms with E-state index in [1.54, 1.807) is 4.90 Å². The summed E-state index contributed by atoms with van der Waals surface area (Å²) in [5.41, 5.74) is -0.00148. The molecule has 2 N–H and O–H groups in total. The number of nitrogens with zero attached hydrogens (tertiary/aromatic N) is 3. The van der Waals surface area contributed by atoms with E-state index in [-0.39, 0.29) is 47.2 Å². The van der Waals surface area contributed by atoms with Crippen molar-refractivity contribution in [2.24, 2.45) is 17.8 Å². The number of piperidine rings is 1. The number of carbonyl (C=O) groups is 3. The lowest BCUT2D eigenvalue weighted by Crippen LogP contribution is -2.44. The Morgan fingerprint density at radius 3 is 2.41 bits per heavy atom. The van der Waals surface area contributed by atoms with Crippen molar-refractivity contribution in [2.45, 2.75) is 82.4 Å². The van der Waals surface area contributed by atoms with Gasteiger partial charge in [-0.3, -0.25) is 14.4 Å². The van der Waals surface area contributed by atoms with Crippen LogP contribution in [0.25, 0.3) is 5.57 Å². The van der Waals surface area contributed by atoms with Crippen LogP contribution in [0.2, 0.25) is 5.02 Å². The van der Waals surface area contributed by atoms with E-state index in [4.69, 9.17) is 16.7 Å². The van der Waals surface area contributed by atoms with Crippen LogP contribution < -0.4 is 0 Å². The second-order valence-corrected chi connectivity index (χ2v) is 13.2. The third kappa shape index (κ3) is 5.25. The lowest BCUT2D eigenvalue weighted by atomic mass is 9.78. The van der Waals surface area contributed by atoms with Crippen molar-refractivity contribution >= 4 is 35.0 Å². The van der Waals surface area contributed by atoms with Gasteiger partial charge in [0.15, 0.2) is 0 Å². The van der Waals surface area contributed by atoms with Crippen LogP contribution in [0.5, 0.6) is 0 Å². The van der Waals surface area contributed by atoms with Crippen molar-refractivity contribution < 1.29 is 37.8 Å². The molecule has 44 heavy (non-hydrogen) atoms. The van der Waals surface area contributed by atoms with Crippen LogP contribution in [0.3, 0.4) is 0 Å². The number of rotatable bonds is 5. The van der Waals surface area contributed by atoms with Gasteiger partial charge in [-0.05, 0) is 74.5 Å². The highest BCUT2D eigenvalue weighted by atomic mass is 35.5. The number of fused-ring (bicyclic) bond motifs is 1. The Labute approximate surface area is 257 Å². The fourth-order valence-electron chi connectivity index (χ4n) is 7.28. The number of aromatic nitrogens is 2. The summed E-state index contributed by atoms with van der Waals surface area (Å²) >= 11 is 6.48. The average Bonchev–Trinajstić information content (AvgIpc) is 3.72. The summed E-state index contributed by atoms with van der Waals surface area (Å²) in [7, 11) is 0. The molecule has 8 nitrogen and oxygen atoms in total. The topological polar surface area (TPSA) is 113 Å². The van der Waals surface area contributed by atoms with Gasteiger partial charge in [-0.1, -0.05) is 36.7 Å². The third-order valence-electron chi connectivity index (χ3n) is 10.1. The number of alkyl halides is 3. The normalized spacial score (nSPS) is 25.3. The maximum absolute atomic E-state index is 14.3. The number of likely N-dealkylation sites (tertiary alicyclic amines) is 1. The molecule has 1 aliphatic heterocycles. The van der Waals surface area contributed by atoms with Gasteiger partial charge in [0.2, 0.25) is 5.91 Å². The molecular weight excluding hydrogens is 599 g/mol. The monoisotopic (exact) mass is 633 g/mol. The molecule has 12 heteroatoms. The van der Waals surface area contributed by atoms with E-state index < -0.39 is 41.4 Å². The molecule has 1 aromatic carbocycles. The van der Waals surface area contributed by atoms with Crippen molar-refractivity contribution in [3.8, 4) is 0 Å². The molecule has 1 saturated carbocycles. The zero-order chi connectivity index (χ0) is 31.6. The van der Waals surface area contributed by atoms with E-state index in [9.17, 15) is 37.8 Å². The van der Waals surface area contributed by atoms with Crippen molar-refractivity contribution in [3.05, 3.63) is 57.4 Å². The number of hydrogen-bond acceptors (Lipinski definition) is 5. The Kier molecular flexibility index (Phi) is 7.93. The molecule has 1 aromatic heterocycles. The molecule has 236 valence electrons. The van der Waals surface area contributed by atoms with Crippen molar-refractivity contribution in [2.75, 3.05) is 13.1 Å². The first kappa shape index (κ1) is 30.8. The summed E-state index contributed by atoms with van der Waals surface area (Å²) in [6.45, 7) is 2.72. The first-order chi connectivity index (χ1) is 20.8. The molecule has 1 amide bonds. The molecule has 2 fully saturated rings. The molecule has 1 saturated heterocycles. The van der Waals surface area contributed by atoms with Gasteiger partial charge in [0.25, 0.3) is 5.91 Å². The Balaban J connectivity index is 1.42. The molecule has 0 radical (unpaired) electrons. The summed E-state index contributed by atoms with van der Waals surface area (Å²) in [5, 5.41) is 24.1. The highest BCUT2D eigenvalue weighted by Crippen LogP contribution is 2.60. The summed E-state index contributed by atoms with van der Waals surface area (Å²) in [5.74, 6) is -2.93. The number of aliphatic hydroxyl groups is 1. The molecule has 4 aliphatic rings. The zero-order valence-electron chi connectivity index (χ0n) is 24.4. The second-order valence-electron chi connectivity index (χ2n) is 12.8. The van der Waals surface area contributed by atoms with Crippen LogP contribution in [0.15, 0.2) is 24.3 Å². The molecule has 3 unspecified atom stereocenters. The number of carbonyl (C=O) groups excluding carboxylic acids is 2. The number of carboxylic acid groups (broad SMARTS) is 1. The van der Waals surface area contributed by atoms with Crippen LogP contribution in [0.4, 0.5) is 13.2 Å². The molecule has 0 bridgehead atoms. The van der Waals surface area contributed by atoms with Gasteiger partial charge >= 0.3 is 12.1 Å². The zero-order valence-corrected chi connectivity index (χ0v) is 25.1. The number of hydrogen-bond donors (Lipinski definition) is 2. The maximum atomic E-state index is 14.3. The number of halogens is 4. The summed E-state index contributed by atoms with van der Waals surface area (Å²) in [6, 6.07) is 4.13. The van der Waals surface area contributed by atoms with E-state index in [1.807, 2.05) is 13.0 Å². The minimum atomic E-state index is -4.56. The quantitative estimate of drug-likeness (QED) is 0.455. The van der Waals surface area contributed by atoms with Crippen molar-refractivity contribution in [1.82, 2.24) is 14.7 Å². The summed E-state index contributed by atoms with van der Waals surface area (Å²) in [4.78, 5) is 41.3. The number of aliphatic hydroxyl groups excluding tert-OH is 1. The van der Waals surface area contributed by atoms with Gasteiger partial charge in [0.05, 0.1) is 39.4 Å². The minimum Gasteiger partial charge on any atom is -0.481 e. The van der Waals surface area contributed by atoms with E-state index >= 15 is 0 Å². The van der Waals surface area contributed by atoms with E-state index in [2.05, 4.69) is 0 Å². The van der Waals surface area contributed by atoms with E-state index in [0.29, 0.717) is 63.0 Å². The van der Waals surface area contributed by atoms with Crippen LogP contribution in [-0.2, 0) is 27.8 Å². The predicted molar refractivity (Wildman–Crippen MR) is 155 cm³/mol. The van der Waals surface area contributed by atoms with Crippen molar-refractivity contribution in [1.29, 1.82) is 0 Å². The van der Waals surface area contributed by atoms with Gasteiger partial charge in [-0.15, -0.1) is 0 Å². The Bertz CT molecular complexity index is 1540. The molecule has 2 heterocycles. The number of aliphatic carboxylic acids is 1. The Morgan fingerprint density at radius 1 is 1.09 bits per heavy atom. The first-order valence-corrected chi connectivity index (χ1v) is 15.6. The standard InChI is InChI=1S/C32H35ClF3N3O5/c1-17-15-18(5-7-21(17)30(43)44)27-22-8-6-19(28(41)38-13-9-20(40)10-14-38)16-25(22)39(37-27)29(42)26-23(3-2-4-24(26)33)31(11-12-31)32(34,35)36/h2-5,17,19-21,40H,6-16H2,1H3,(H,43,44). The van der Waals surface area contributed by atoms with Gasteiger partial charge in [-0.2, -0.15) is 23.0 Å². The second kappa shape index (κ2) is 11.3. The largest absolute Gasteiger partial charge is 0.481 e. The predicted octanol–water partition coefficient (Wildman–Crippen LogP) is 5.42. The van der Waals surface area contributed by atoms with Gasteiger partial charge in [-0.25, -0.2) is 0 Å². The maximum Gasteiger partial charge on any atom is 0.398 e. The van der Waals surface area contributed by atoms with E-state index in [0.717, 1.165) is 15.8 Å². The number of allylic oxidation sites excluding steroid dienone is 2. The molecule has 2 aromatic rings. The molecule has 3 atom stereocenters.